The molecule has 0 aliphatic rings. The number of rotatable bonds is 7. The van der Waals surface area contributed by atoms with Crippen LogP contribution in [0.2, 0.25) is 5.22 Å². The van der Waals surface area contributed by atoms with Crippen LogP contribution < -0.4 is 5.32 Å². The number of nitrogens with one attached hydrogen (secondary N) is 1. The minimum absolute atomic E-state index is 0.314. The molecular weight excluding hydrogens is 214 g/mol. The molecular formula is C11H18ClNO2. The summed E-state index contributed by atoms with van der Waals surface area (Å²) in [6.45, 7) is 6.51. The van der Waals surface area contributed by atoms with Crippen LogP contribution in [0.3, 0.4) is 0 Å². The molecule has 0 atom stereocenters. The molecule has 4 heteroatoms. The van der Waals surface area contributed by atoms with Crippen LogP contribution in [0.5, 0.6) is 0 Å². The van der Waals surface area contributed by atoms with E-state index in [0.717, 1.165) is 25.3 Å². The number of hydrogen-bond acceptors (Lipinski definition) is 3. The van der Waals surface area contributed by atoms with Crippen molar-refractivity contribution >= 4 is 11.6 Å². The first-order chi connectivity index (χ1) is 7.18. The summed E-state index contributed by atoms with van der Waals surface area (Å²) in [7, 11) is 0. The third-order valence-corrected chi connectivity index (χ3v) is 2.08. The summed E-state index contributed by atoms with van der Waals surface area (Å²) in [5.74, 6) is 0.866. The lowest BCUT2D eigenvalue weighted by atomic mass is 10.4. The number of halogens is 1. The number of furan rings is 1. The maximum absolute atomic E-state index is 5.64. The van der Waals surface area contributed by atoms with Crippen molar-refractivity contribution in [2.75, 3.05) is 13.2 Å². The van der Waals surface area contributed by atoms with Crippen LogP contribution >= 0.6 is 11.6 Å². The smallest absolute Gasteiger partial charge is 0.193 e. The van der Waals surface area contributed by atoms with Crippen molar-refractivity contribution in [1.29, 1.82) is 0 Å². The second kappa shape index (κ2) is 6.88. The molecule has 0 spiro atoms. The van der Waals surface area contributed by atoms with Gasteiger partial charge in [0.2, 0.25) is 0 Å². The van der Waals surface area contributed by atoms with Gasteiger partial charge in [-0.15, -0.1) is 0 Å². The van der Waals surface area contributed by atoms with Gasteiger partial charge in [0.15, 0.2) is 5.22 Å². The molecule has 0 unspecified atom stereocenters. The van der Waals surface area contributed by atoms with Gasteiger partial charge in [0.1, 0.15) is 5.76 Å². The molecule has 0 aromatic carbocycles. The summed E-state index contributed by atoms with van der Waals surface area (Å²) in [6.07, 6.45) is 1.32. The Hall–Kier alpha value is -0.510. The van der Waals surface area contributed by atoms with Crippen LogP contribution in [-0.2, 0) is 11.3 Å². The lowest BCUT2D eigenvalue weighted by molar-refractivity contribution is 0.0770. The van der Waals surface area contributed by atoms with Crippen LogP contribution in [0.25, 0.3) is 0 Å². The zero-order chi connectivity index (χ0) is 11.1. The van der Waals surface area contributed by atoms with Gasteiger partial charge in [-0.3, -0.25) is 0 Å². The molecule has 1 aromatic heterocycles. The van der Waals surface area contributed by atoms with E-state index in [2.05, 4.69) is 5.32 Å². The highest BCUT2D eigenvalue weighted by Crippen LogP contribution is 2.12. The molecule has 1 heterocycles. The predicted octanol–water partition coefficient (Wildman–Crippen LogP) is 2.84. The van der Waals surface area contributed by atoms with Gasteiger partial charge in [-0.1, -0.05) is 0 Å². The first kappa shape index (κ1) is 12.6. The van der Waals surface area contributed by atoms with Crippen molar-refractivity contribution in [1.82, 2.24) is 5.32 Å². The first-order valence-electron chi connectivity index (χ1n) is 5.25. The van der Waals surface area contributed by atoms with Gasteiger partial charge in [-0.2, -0.15) is 0 Å². The van der Waals surface area contributed by atoms with Crippen molar-refractivity contribution in [3.05, 3.63) is 23.1 Å². The zero-order valence-electron chi connectivity index (χ0n) is 9.25. The molecule has 1 aromatic rings. The van der Waals surface area contributed by atoms with E-state index < -0.39 is 0 Å². The Kier molecular flexibility index (Phi) is 5.76. The highest BCUT2D eigenvalue weighted by atomic mass is 35.5. The van der Waals surface area contributed by atoms with E-state index in [1.54, 1.807) is 6.07 Å². The summed E-state index contributed by atoms with van der Waals surface area (Å²) in [5, 5.41) is 3.70. The summed E-state index contributed by atoms with van der Waals surface area (Å²) in [5.41, 5.74) is 0. The van der Waals surface area contributed by atoms with E-state index in [4.69, 9.17) is 20.8 Å². The average Bonchev–Trinajstić information content (AvgIpc) is 2.57. The Balaban J connectivity index is 1.98. The summed E-state index contributed by atoms with van der Waals surface area (Å²) in [6, 6.07) is 3.63. The highest BCUT2D eigenvalue weighted by molar-refractivity contribution is 6.28. The van der Waals surface area contributed by atoms with E-state index in [0.29, 0.717) is 17.9 Å². The van der Waals surface area contributed by atoms with Crippen LogP contribution in [0.4, 0.5) is 0 Å². The maximum Gasteiger partial charge on any atom is 0.193 e. The second-order valence-corrected chi connectivity index (χ2v) is 4.03. The lowest BCUT2D eigenvalue weighted by Crippen LogP contribution is -2.17. The third kappa shape index (κ3) is 5.82. The van der Waals surface area contributed by atoms with Gasteiger partial charge >= 0.3 is 0 Å². The number of hydrogen-bond donors (Lipinski definition) is 1. The lowest BCUT2D eigenvalue weighted by Gasteiger charge is -2.07. The minimum atomic E-state index is 0.314. The standard InChI is InChI=1S/C11H18ClNO2/c1-9(2)14-7-3-6-13-8-10-4-5-11(12)15-10/h4-5,9,13H,3,6-8H2,1-2H3. The van der Waals surface area contributed by atoms with Crippen molar-refractivity contribution < 1.29 is 9.15 Å². The maximum atomic E-state index is 5.64. The second-order valence-electron chi connectivity index (χ2n) is 3.66. The van der Waals surface area contributed by atoms with Crippen LogP contribution in [-0.4, -0.2) is 19.3 Å². The normalized spacial score (nSPS) is 11.2. The van der Waals surface area contributed by atoms with E-state index >= 15 is 0 Å². The molecule has 0 aliphatic carbocycles. The number of ether oxygens (including phenoxy) is 1. The largest absolute Gasteiger partial charge is 0.448 e. The van der Waals surface area contributed by atoms with Crippen molar-refractivity contribution in [2.45, 2.75) is 32.9 Å². The monoisotopic (exact) mass is 231 g/mol. The van der Waals surface area contributed by atoms with Crippen molar-refractivity contribution in [2.24, 2.45) is 0 Å². The van der Waals surface area contributed by atoms with Crippen molar-refractivity contribution in [3.8, 4) is 0 Å². The highest BCUT2D eigenvalue weighted by Gasteiger charge is 1.98. The summed E-state index contributed by atoms with van der Waals surface area (Å²) >= 11 is 5.64. The molecule has 0 saturated carbocycles. The zero-order valence-corrected chi connectivity index (χ0v) is 10.0. The van der Waals surface area contributed by atoms with Crippen LogP contribution in [0.1, 0.15) is 26.0 Å². The fourth-order valence-corrected chi connectivity index (χ4v) is 1.34. The molecule has 1 rings (SSSR count). The van der Waals surface area contributed by atoms with E-state index in [-0.39, 0.29) is 0 Å². The molecule has 3 nitrogen and oxygen atoms in total. The fourth-order valence-electron chi connectivity index (χ4n) is 1.17. The Morgan fingerprint density at radius 2 is 2.27 bits per heavy atom. The van der Waals surface area contributed by atoms with Gasteiger partial charge < -0.3 is 14.5 Å². The molecule has 1 N–H and O–H groups in total. The molecule has 15 heavy (non-hydrogen) atoms. The van der Waals surface area contributed by atoms with Gasteiger partial charge in [0.25, 0.3) is 0 Å². The Labute approximate surface area is 95.7 Å². The third-order valence-electron chi connectivity index (χ3n) is 1.88. The minimum Gasteiger partial charge on any atom is -0.448 e. The molecule has 0 radical (unpaired) electrons. The SMILES string of the molecule is CC(C)OCCCNCc1ccc(Cl)o1. The van der Waals surface area contributed by atoms with Crippen LogP contribution in [0, 0.1) is 0 Å². The van der Waals surface area contributed by atoms with Crippen LogP contribution in [0.15, 0.2) is 16.5 Å². The summed E-state index contributed by atoms with van der Waals surface area (Å²) < 4.78 is 10.6. The van der Waals surface area contributed by atoms with Gasteiger partial charge in [0, 0.05) is 6.61 Å². The first-order valence-corrected chi connectivity index (χ1v) is 5.63. The Morgan fingerprint density at radius 3 is 2.87 bits per heavy atom. The molecule has 86 valence electrons. The molecule has 0 fully saturated rings. The molecule has 0 amide bonds. The van der Waals surface area contributed by atoms with E-state index in [1.165, 1.54) is 0 Å². The fraction of sp³-hybridized carbons (Fsp3) is 0.636. The van der Waals surface area contributed by atoms with E-state index in [1.807, 2.05) is 19.9 Å². The molecule has 0 aliphatic heterocycles. The quantitative estimate of drug-likeness (QED) is 0.733. The topological polar surface area (TPSA) is 34.4 Å². The molecule has 0 saturated heterocycles. The Bertz CT molecular complexity index is 273. The molecule has 0 bridgehead atoms. The summed E-state index contributed by atoms with van der Waals surface area (Å²) in [4.78, 5) is 0. The van der Waals surface area contributed by atoms with Gasteiger partial charge in [-0.25, -0.2) is 0 Å². The van der Waals surface area contributed by atoms with Gasteiger partial charge in [0.05, 0.1) is 12.6 Å². The van der Waals surface area contributed by atoms with Crippen molar-refractivity contribution in [3.63, 3.8) is 0 Å². The van der Waals surface area contributed by atoms with E-state index in [9.17, 15) is 0 Å². The van der Waals surface area contributed by atoms with Gasteiger partial charge in [-0.05, 0) is 50.5 Å². The average molecular weight is 232 g/mol. The Morgan fingerprint density at radius 1 is 1.47 bits per heavy atom. The predicted molar refractivity (Wildman–Crippen MR) is 61.1 cm³/mol.